The highest BCUT2D eigenvalue weighted by atomic mass is 16.5. The van der Waals surface area contributed by atoms with Crippen LogP contribution in [-0.2, 0) is 17.8 Å². The molecular weight excluding hydrogens is 392 g/mol. The first kappa shape index (κ1) is 21.5. The van der Waals surface area contributed by atoms with Crippen molar-refractivity contribution < 1.29 is 19.0 Å². The van der Waals surface area contributed by atoms with Crippen LogP contribution in [0.5, 0.6) is 17.2 Å². The Labute approximate surface area is 184 Å². The molecule has 1 atom stereocenters. The average Bonchev–Trinajstić information content (AvgIpc) is 3.26. The molecular formula is C25H32N2O4. The third kappa shape index (κ3) is 4.64. The van der Waals surface area contributed by atoms with Gasteiger partial charge >= 0.3 is 0 Å². The van der Waals surface area contributed by atoms with Gasteiger partial charge in [-0.05, 0) is 73.7 Å². The minimum absolute atomic E-state index is 0.193. The van der Waals surface area contributed by atoms with Crippen LogP contribution >= 0.6 is 0 Å². The van der Waals surface area contributed by atoms with Crippen LogP contribution in [0, 0.1) is 0 Å². The molecule has 6 heteroatoms. The SMILES string of the molecule is CCOc1ccc([C@H]2CCCN2CC(=O)N2CCc3cc(OC)c(OC)cc3C2)cc1. The highest BCUT2D eigenvalue weighted by Gasteiger charge is 2.30. The second-order valence-electron chi connectivity index (χ2n) is 8.17. The highest BCUT2D eigenvalue weighted by molar-refractivity contribution is 5.78. The van der Waals surface area contributed by atoms with E-state index in [1.54, 1.807) is 14.2 Å². The normalized spacial score (nSPS) is 18.5. The molecule has 2 heterocycles. The van der Waals surface area contributed by atoms with Crippen molar-refractivity contribution in [2.75, 3.05) is 40.5 Å². The van der Waals surface area contributed by atoms with Crippen molar-refractivity contribution in [3.05, 3.63) is 53.1 Å². The quantitative estimate of drug-likeness (QED) is 0.676. The topological polar surface area (TPSA) is 51.2 Å². The van der Waals surface area contributed by atoms with Gasteiger partial charge in [0.15, 0.2) is 11.5 Å². The molecule has 0 aromatic heterocycles. The number of ether oxygens (including phenoxy) is 3. The predicted molar refractivity (Wildman–Crippen MR) is 120 cm³/mol. The molecule has 1 fully saturated rings. The second-order valence-corrected chi connectivity index (χ2v) is 8.17. The number of nitrogens with zero attached hydrogens (tertiary/aromatic N) is 2. The molecule has 4 rings (SSSR count). The number of fused-ring (bicyclic) bond motifs is 1. The third-order valence-electron chi connectivity index (χ3n) is 6.35. The minimum Gasteiger partial charge on any atom is -0.494 e. The van der Waals surface area contributed by atoms with Crippen molar-refractivity contribution in [2.45, 2.75) is 38.8 Å². The smallest absolute Gasteiger partial charge is 0.237 e. The summed E-state index contributed by atoms with van der Waals surface area (Å²) in [6.45, 7) is 5.43. The third-order valence-corrected chi connectivity index (χ3v) is 6.35. The van der Waals surface area contributed by atoms with Crippen LogP contribution in [0.3, 0.4) is 0 Å². The van der Waals surface area contributed by atoms with E-state index in [0.29, 0.717) is 31.5 Å². The summed E-state index contributed by atoms with van der Waals surface area (Å²) in [5.41, 5.74) is 3.63. The van der Waals surface area contributed by atoms with Crippen molar-refractivity contribution in [2.24, 2.45) is 0 Å². The van der Waals surface area contributed by atoms with Gasteiger partial charge in [-0.1, -0.05) is 12.1 Å². The summed E-state index contributed by atoms with van der Waals surface area (Å²) in [7, 11) is 3.30. The molecule has 0 radical (unpaired) electrons. The molecule has 2 aliphatic rings. The second kappa shape index (κ2) is 9.60. The number of carbonyl (C=O) groups excluding carboxylic acids is 1. The van der Waals surface area contributed by atoms with E-state index in [0.717, 1.165) is 49.4 Å². The molecule has 1 amide bonds. The zero-order chi connectivity index (χ0) is 21.8. The van der Waals surface area contributed by atoms with Gasteiger partial charge in [0.2, 0.25) is 5.91 Å². The molecule has 2 aromatic rings. The molecule has 2 aromatic carbocycles. The zero-order valence-electron chi connectivity index (χ0n) is 18.7. The van der Waals surface area contributed by atoms with Crippen molar-refractivity contribution >= 4 is 5.91 Å². The van der Waals surface area contributed by atoms with E-state index in [1.807, 2.05) is 36.1 Å². The first-order valence-corrected chi connectivity index (χ1v) is 11.1. The van der Waals surface area contributed by atoms with Gasteiger partial charge < -0.3 is 19.1 Å². The maximum atomic E-state index is 13.2. The van der Waals surface area contributed by atoms with E-state index in [9.17, 15) is 4.79 Å². The number of amides is 1. The lowest BCUT2D eigenvalue weighted by atomic mass is 9.98. The van der Waals surface area contributed by atoms with E-state index >= 15 is 0 Å². The number of hydrogen-bond acceptors (Lipinski definition) is 5. The number of likely N-dealkylation sites (tertiary alicyclic amines) is 1. The first-order valence-electron chi connectivity index (χ1n) is 11.1. The fraction of sp³-hybridized carbons (Fsp3) is 0.480. The lowest BCUT2D eigenvalue weighted by molar-refractivity contribution is -0.133. The summed E-state index contributed by atoms with van der Waals surface area (Å²) in [5.74, 6) is 2.55. The molecule has 166 valence electrons. The van der Waals surface area contributed by atoms with Crippen LogP contribution in [0.2, 0.25) is 0 Å². The summed E-state index contributed by atoms with van der Waals surface area (Å²) in [5, 5.41) is 0. The molecule has 31 heavy (non-hydrogen) atoms. The molecule has 0 bridgehead atoms. The van der Waals surface area contributed by atoms with Gasteiger partial charge in [0.1, 0.15) is 5.75 Å². The summed E-state index contributed by atoms with van der Waals surface area (Å²) >= 11 is 0. The van der Waals surface area contributed by atoms with Crippen molar-refractivity contribution in [3.63, 3.8) is 0 Å². The van der Waals surface area contributed by atoms with E-state index in [1.165, 1.54) is 11.1 Å². The summed E-state index contributed by atoms with van der Waals surface area (Å²) < 4.78 is 16.4. The molecule has 0 aliphatic carbocycles. The van der Waals surface area contributed by atoms with Crippen LogP contribution in [0.1, 0.15) is 42.5 Å². The Morgan fingerprint density at radius 3 is 2.42 bits per heavy atom. The number of methoxy groups -OCH3 is 2. The van der Waals surface area contributed by atoms with Crippen molar-refractivity contribution in [3.8, 4) is 17.2 Å². The summed E-state index contributed by atoms with van der Waals surface area (Å²) in [4.78, 5) is 17.5. The lowest BCUT2D eigenvalue weighted by Crippen LogP contribution is -2.42. The van der Waals surface area contributed by atoms with Gasteiger partial charge in [0, 0.05) is 19.1 Å². The van der Waals surface area contributed by atoms with Gasteiger partial charge in [0.05, 0.1) is 27.4 Å². The Morgan fingerprint density at radius 1 is 1.03 bits per heavy atom. The van der Waals surface area contributed by atoms with E-state index < -0.39 is 0 Å². The molecule has 0 spiro atoms. The predicted octanol–water partition coefficient (Wildman–Crippen LogP) is 3.82. The summed E-state index contributed by atoms with van der Waals surface area (Å²) in [6, 6.07) is 12.7. The van der Waals surface area contributed by atoms with E-state index in [-0.39, 0.29) is 5.91 Å². The van der Waals surface area contributed by atoms with E-state index in [4.69, 9.17) is 14.2 Å². The minimum atomic E-state index is 0.193. The zero-order valence-corrected chi connectivity index (χ0v) is 18.7. The van der Waals surface area contributed by atoms with Gasteiger partial charge in [-0.15, -0.1) is 0 Å². The first-order chi connectivity index (χ1) is 15.1. The van der Waals surface area contributed by atoms with Gasteiger partial charge in [-0.25, -0.2) is 0 Å². The molecule has 0 N–H and O–H groups in total. The highest BCUT2D eigenvalue weighted by Crippen LogP contribution is 2.35. The maximum absolute atomic E-state index is 13.2. The van der Waals surface area contributed by atoms with E-state index in [2.05, 4.69) is 17.0 Å². The molecule has 1 saturated heterocycles. The monoisotopic (exact) mass is 424 g/mol. The Morgan fingerprint density at radius 2 is 1.74 bits per heavy atom. The van der Waals surface area contributed by atoms with Crippen molar-refractivity contribution in [1.82, 2.24) is 9.80 Å². The van der Waals surface area contributed by atoms with Crippen LogP contribution in [0.25, 0.3) is 0 Å². The standard InChI is InChI=1S/C25H32N2O4/c1-4-31-21-9-7-18(8-10-21)22-6-5-12-26(22)17-25(28)27-13-11-19-14-23(29-2)24(30-3)15-20(19)16-27/h7-10,14-15,22H,4-6,11-13,16-17H2,1-3H3/t22-/m1/s1. The van der Waals surface area contributed by atoms with Crippen LogP contribution in [0.4, 0.5) is 0 Å². The van der Waals surface area contributed by atoms with Gasteiger partial charge in [-0.2, -0.15) is 0 Å². The lowest BCUT2D eigenvalue weighted by Gasteiger charge is -2.32. The molecule has 0 unspecified atom stereocenters. The Balaban J connectivity index is 1.42. The fourth-order valence-corrected chi connectivity index (χ4v) is 4.72. The average molecular weight is 425 g/mol. The Hall–Kier alpha value is -2.73. The Kier molecular flexibility index (Phi) is 6.66. The Bertz CT molecular complexity index is 912. The van der Waals surface area contributed by atoms with Gasteiger partial charge in [0.25, 0.3) is 0 Å². The number of hydrogen-bond donors (Lipinski definition) is 0. The summed E-state index contributed by atoms with van der Waals surface area (Å²) in [6.07, 6.45) is 3.04. The fourth-order valence-electron chi connectivity index (χ4n) is 4.72. The maximum Gasteiger partial charge on any atom is 0.237 e. The number of rotatable bonds is 7. The van der Waals surface area contributed by atoms with Crippen LogP contribution in [0.15, 0.2) is 36.4 Å². The van der Waals surface area contributed by atoms with Gasteiger partial charge in [-0.3, -0.25) is 9.69 Å². The molecule has 6 nitrogen and oxygen atoms in total. The number of carbonyl (C=O) groups is 1. The van der Waals surface area contributed by atoms with Crippen LogP contribution in [-0.4, -0.2) is 56.2 Å². The van der Waals surface area contributed by atoms with Crippen molar-refractivity contribution in [1.29, 1.82) is 0 Å². The molecule has 2 aliphatic heterocycles. The largest absolute Gasteiger partial charge is 0.494 e. The molecule has 0 saturated carbocycles. The van der Waals surface area contributed by atoms with Crippen LogP contribution < -0.4 is 14.2 Å². The number of benzene rings is 2.